The van der Waals surface area contributed by atoms with Gasteiger partial charge in [-0.2, -0.15) is 0 Å². The van der Waals surface area contributed by atoms with Gasteiger partial charge in [-0.25, -0.2) is 0 Å². The summed E-state index contributed by atoms with van der Waals surface area (Å²) in [6.45, 7) is 1.48. The van der Waals surface area contributed by atoms with Crippen LogP contribution in [0.5, 0.6) is 0 Å². The molecule has 0 spiro atoms. The summed E-state index contributed by atoms with van der Waals surface area (Å²) in [4.78, 5) is 10.3. The molecule has 0 radical (unpaired) electrons. The van der Waals surface area contributed by atoms with E-state index in [1.807, 2.05) is 0 Å². The Balaban J connectivity index is 3.74. The Morgan fingerprint density at radius 2 is 2.10 bits per heavy atom. The molecule has 1 nitrogen and oxygen atoms in total. The zero-order chi connectivity index (χ0) is 7.82. The van der Waals surface area contributed by atoms with Crippen LogP contribution in [0.25, 0.3) is 0 Å². The fourth-order valence-electron chi connectivity index (χ4n) is 0.280. The third-order valence-corrected chi connectivity index (χ3v) is 0.623. The summed E-state index contributed by atoms with van der Waals surface area (Å²) in [6.07, 6.45) is 5.06. The Hall–Kier alpha value is -1.65. The minimum absolute atomic E-state index is 0.0370. The highest BCUT2D eigenvalue weighted by atomic mass is 16.1. The van der Waals surface area contributed by atoms with Gasteiger partial charge in [-0.3, -0.25) is 4.79 Å². The summed E-state index contributed by atoms with van der Waals surface area (Å²) in [5.74, 6) is 11.8. The lowest BCUT2D eigenvalue weighted by Gasteiger charge is -1.73. The topological polar surface area (TPSA) is 17.1 Å². The van der Waals surface area contributed by atoms with E-state index < -0.39 is 0 Å². The molecule has 0 aliphatic carbocycles. The normalized spacial score (nSPS) is 5.60. The van der Waals surface area contributed by atoms with Gasteiger partial charge in [0, 0.05) is 0 Å². The summed E-state index contributed by atoms with van der Waals surface area (Å²) in [6, 6.07) is 0. The summed E-state index contributed by atoms with van der Waals surface area (Å²) >= 11 is 0. The van der Waals surface area contributed by atoms with Gasteiger partial charge in [0.05, 0.1) is 6.42 Å². The van der Waals surface area contributed by atoms with Crippen LogP contribution in [0.3, 0.4) is 0 Å². The second kappa shape index (κ2) is 5.49. The molecule has 0 aliphatic heterocycles. The first-order chi connectivity index (χ1) is 4.77. The fourth-order valence-corrected chi connectivity index (χ4v) is 0.280. The SMILES string of the molecule is C#CC#CC#CCC(C)=O. The Bertz CT molecular complexity index is 270. The molecule has 0 atom stereocenters. The van der Waals surface area contributed by atoms with E-state index in [9.17, 15) is 4.79 Å². The first kappa shape index (κ1) is 8.35. The van der Waals surface area contributed by atoms with Crippen molar-refractivity contribution in [1.29, 1.82) is 0 Å². The van der Waals surface area contributed by atoms with Gasteiger partial charge < -0.3 is 0 Å². The molecule has 0 aromatic rings. The summed E-state index contributed by atoms with van der Waals surface area (Å²) < 4.78 is 0. The van der Waals surface area contributed by atoms with Gasteiger partial charge in [0.2, 0.25) is 0 Å². The Kier molecular flexibility index (Phi) is 4.58. The molecule has 0 saturated heterocycles. The molecule has 0 rings (SSSR count). The number of carbonyl (C=O) groups is 1. The quantitative estimate of drug-likeness (QED) is 0.475. The minimum Gasteiger partial charge on any atom is -0.299 e. The molecule has 48 valence electrons. The predicted octanol–water partition coefficient (Wildman–Crippen LogP) is 0.605. The maximum atomic E-state index is 10.3. The largest absolute Gasteiger partial charge is 0.299 e. The van der Waals surface area contributed by atoms with Gasteiger partial charge >= 0.3 is 0 Å². The number of terminal acetylenes is 1. The van der Waals surface area contributed by atoms with Crippen LogP contribution < -0.4 is 0 Å². The van der Waals surface area contributed by atoms with Crippen molar-refractivity contribution in [2.45, 2.75) is 13.3 Å². The highest BCUT2D eigenvalue weighted by Gasteiger charge is 1.82. The zero-order valence-corrected chi connectivity index (χ0v) is 5.69. The molecule has 0 aromatic heterocycles. The number of carbonyl (C=O) groups excluding carboxylic acids is 1. The maximum absolute atomic E-state index is 10.3. The van der Waals surface area contributed by atoms with Crippen LogP contribution in [0.15, 0.2) is 0 Å². The monoisotopic (exact) mass is 130 g/mol. The highest BCUT2D eigenvalue weighted by Crippen LogP contribution is 1.74. The van der Waals surface area contributed by atoms with Crippen LogP contribution in [-0.4, -0.2) is 5.78 Å². The lowest BCUT2D eigenvalue weighted by atomic mass is 10.3. The Labute approximate surface area is 60.8 Å². The molecule has 0 unspecified atom stereocenters. The van der Waals surface area contributed by atoms with E-state index in [1.54, 1.807) is 0 Å². The number of rotatable bonds is 1. The van der Waals surface area contributed by atoms with Gasteiger partial charge in [-0.15, -0.1) is 6.42 Å². The Morgan fingerprint density at radius 1 is 1.40 bits per heavy atom. The van der Waals surface area contributed by atoms with E-state index in [2.05, 4.69) is 29.6 Å². The smallest absolute Gasteiger partial charge is 0.141 e. The second-order valence-electron chi connectivity index (χ2n) is 1.57. The van der Waals surface area contributed by atoms with E-state index in [0.717, 1.165) is 0 Å². The van der Waals surface area contributed by atoms with Crippen molar-refractivity contribution < 1.29 is 4.79 Å². The molecule has 0 fully saturated rings. The molecule has 0 aromatic carbocycles. The molecule has 1 heteroatoms. The first-order valence-electron chi connectivity index (χ1n) is 2.70. The highest BCUT2D eigenvalue weighted by molar-refractivity contribution is 5.78. The lowest BCUT2D eigenvalue weighted by molar-refractivity contribution is -0.116. The average Bonchev–Trinajstić information content (AvgIpc) is 1.87. The van der Waals surface area contributed by atoms with Crippen LogP contribution in [0.4, 0.5) is 0 Å². The number of hydrogen-bond donors (Lipinski definition) is 0. The number of Topliss-reactive ketones (excluding diaryl/α,β-unsaturated/α-hetero) is 1. The number of hydrogen-bond acceptors (Lipinski definition) is 1. The van der Waals surface area contributed by atoms with E-state index in [4.69, 9.17) is 6.42 Å². The molecular formula is C9H6O. The fraction of sp³-hybridized carbons (Fsp3) is 0.222. The van der Waals surface area contributed by atoms with Crippen LogP contribution in [0, 0.1) is 36.0 Å². The third-order valence-electron chi connectivity index (χ3n) is 0.623. The minimum atomic E-state index is 0.0370. The molecule has 0 heterocycles. The molecule has 0 N–H and O–H groups in total. The van der Waals surface area contributed by atoms with Gasteiger partial charge in [0.25, 0.3) is 0 Å². The van der Waals surface area contributed by atoms with E-state index in [1.165, 1.54) is 6.92 Å². The average molecular weight is 130 g/mol. The molecular weight excluding hydrogens is 124 g/mol. The molecule has 10 heavy (non-hydrogen) atoms. The van der Waals surface area contributed by atoms with Crippen molar-refractivity contribution in [3.05, 3.63) is 0 Å². The molecule has 0 aliphatic rings. The van der Waals surface area contributed by atoms with Crippen molar-refractivity contribution in [1.82, 2.24) is 0 Å². The van der Waals surface area contributed by atoms with Crippen LogP contribution in [0.2, 0.25) is 0 Å². The number of ketones is 1. The summed E-state index contributed by atoms with van der Waals surface area (Å²) in [5, 5.41) is 0. The summed E-state index contributed by atoms with van der Waals surface area (Å²) in [7, 11) is 0. The van der Waals surface area contributed by atoms with Crippen molar-refractivity contribution >= 4 is 5.78 Å². The third kappa shape index (κ3) is 6.35. The van der Waals surface area contributed by atoms with Crippen molar-refractivity contribution in [3.63, 3.8) is 0 Å². The van der Waals surface area contributed by atoms with Gasteiger partial charge in [-0.1, -0.05) is 5.92 Å². The molecule has 0 amide bonds. The molecule has 0 bridgehead atoms. The standard InChI is InChI=1S/C9H6O/c1-3-4-5-6-7-8-9(2)10/h1H,8H2,2H3. The van der Waals surface area contributed by atoms with Gasteiger partial charge in [0.1, 0.15) is 5.78 Å². The lowest BCUT2D eigenvalue weighted by Crippen LogP contribution is -1.83. The van der Waals surface area contributed by atoms with Crippen molar-refractivity contribution in [3.8, 4) is 36.0 Å². The second-order valence-corrected chi connectivity index (χ2v) is 1.57. The van der Waals surface area contributed by atoms with Gasteiger partial charge in [-0.05, 0) is 30.6 Å². The van der Waals surface area contributed by atoms with Crippen molar-refractivity contribution in [2.24, 2.45) is 0 Å². The maximum Gasteiger partial charge on any atom is 0.141 e. The van der Waals surface area contributed by atoms with Crippen LogP contribution in [-0.2, 0) is 4.79 Å². The van der Waals surface area contributed by atoms with Crippen molar-refractivity contribution in [2.75, 3.05) is 0 Å². The van der Waals surface area contributed by atoms with Crippen LogP contribution in [0.1, 0.15) is 13.3 Å². The van der Waals surface area contributed by atoms with Gasteiger partial charge in [0.15, 0.2) is 0 Å². The Morgan fingerprint density at radius 3 is 2.60 bits per heavy atom. The van der Waals surface area contributed by atoms with E-state index in [-0.39, 0.29) is 12.2 Å². The van der Waals surface area contributed by atoms with E-state index >= 15 is 0 Å². The first-order valence-corrected chi connectivity index (χ1v) is 2.70. The van der Waals surface area contributed by atoms with E-state index in [0.29, 0.717) is 0 Å². The molecule has 0 saturated carbocycles. The predicted molar refractivity (Wildman–Crippen MR) is 39.7 cm³/mol. The van der Waals surface area contributed by atoms with Crippen LogP contribution >= 0.6 is 0 Å². The summed E-state index contributed by atoms with van der Waals surface area (Å²) in [5.41, 5.74) is 0. The zero-order valence-electron chi connectivity index (χ0n) is 5.69.